The lowest BCUT2D eigenvalue weighted by Gasteiger charge is -2.28. The molecule has 1 aromatic rings. The van der Waals surface area contributed by atoms with Crippen LogP contribution in [0.3, 0.4) is 0 Å². The van der Waals surface area contributed by atoms with E-state index in [0.29, 0.717) is 30.7 Å². The van der Waals surface area contributed by atoms with Crippen LogP contribution in [-0.4, -0.2) is 25.2 Å². The summed E-state index contributed by atoms with van der Waals surface area (Å²) in [4.78, 5) is 12.0. The van der Waals surface area contributed by atoms with Crippen LogP contribution >= 0.6 is 15.9 Å². The molecule has 1 fully saturated rings. The van der Waals surface area contributed by atoms with E-state index in [2.05, 4.69) is 28.2 Å². The summed E-state index contributed by atoms with van der Waals surface area (Å²) < 4.78 is 6.70. The highest BCUT2D eigenvalue weighted by Gasteiger charge is 2.21. The zero-order valence-corrected chi connectivity index (χ0v) is 13.5. The summed E-state index contributed by atoms with van der Waals surface area (Å²) in [5.41, 5.74) is 0.665. The van der Waals surface area contributed by atoms with Gasteiger partial charge in [0.05, 0.1) is 18.3 Å². The van der Waals surface area contributed by atoms with E-state index in [4.69, 9.17) is 4.74 Å². The number of amides is 1. The smallest absolute Gasteiger partial charge is 0.252 e. The van der Waals surface area contributed by atoms with Crippen LogP contribution < -0.4 is 5.32 Å². The van der Waals surface area contributed by atoms with Crippen LogP contribution in [0.1, 0.15) is 43.0 Å². The van der Waals surface area contributed by atoms with Crippen molar-refractivity contribution in [1.29, 1.82) is 0 Å². The Morgan fingerprint density at radius 1 is 1.35 bits per heavy atom. The maximum Gasteiger partial charge on any atom is 0.252 e. The predicted molar refractivity (Wildman–Crippen MR) is 83.8 cm³/mol. The molecule has 1 amide bonds. The van der Waals surface area contributed by atoms with Crippen LogP contribution in [0.5, 0.6) is 0 Å². The number of ether oxygens (including phenoxy) is 1. The summed E-state index contributed by atoms with van der Waals surface area (Å²) >= 11 is 3.38. The van der Waals surface area contributed by atoms with Gasteiger partial charge in [0.15, 0.2) is 0 Å². The molecular weight excluding hydrogens is 318 g/mol. The van der Waals surface area contributed by atoms with Gasteiger partial charge in [0.1, 0.15) is 0 Å². The van der Waals surface area contributed by atoms with Gasteiger partial charge in [-0.25, -0.2) is 0 Å². The van der Waals surface area contributed by atoms with Gasteiger partial charge in [-0.1, -0.05) is 31.9 Å². The summed E-state index contributed by atoms with van der Waals surface area (Å²) in [5, 5.41) is 2.90. The third-order valence-electron chi connectivity index (χ3n) is 3.87. The minimum absolute atomic E-state index is 0.0576. The summed E-state index contributed by atoms with van der Waals surface area (Å²) in [7, 11) is 0. The molecule has 0 saturated heterocycles. The molecule has 20 heavy (non-hydrogen) atoms. The maximum absolute atomic E-state index is 12.0. The Bertz CT molecular complexity index is 450. The second kappa shape index (κ2) is 7.79. The minimum atomic E-state index is -0.0576. The maximum atomic E-state index is 12.0. The fourth-order valence-corrected chi connectivity index (χ4v) is 3.11. The summed E-state index contributed by atoms with van der Waals surface area (Å²) in [6, 6.07) is 7.44. The van der Waals surface area contributed by atoms with Crippen molar-refractivity contribution in [3.05, 3.63) is 34.3 Å². The number of benzene rings is 1. The van der Waals surface area contributed by atoms with E-state index in [9.17, 15) is 4.79 Å². The molecule has 0 spiro atoms. The van der Waals surface area contributed by atoms with Gasteiger partial charge in [-0.3, -0.25) is 4.79 Å². The van der Waals surface area contributed by atoms with Crippen molar-refractivity contribution in [2.75, 3.05) is 13.2 Å². The fraction of sp³-hybridized carbons (Fsp3) is 0.562. The molecule has 0 heterocycles. The Hall–Kier alpha value is -0.870. The number of nitrogens with one attached hydrogen (secondary N) is 1. The molecule has 3 nitrogen and oxygen atoms in total. The van der Waals surface area contributed by atoms with Crippen molar-refractivity contribution in [1.82, 2.24) is 5.32 Å². The molecule has 0 aromatic heterocycles. The van der Waals surface area contributed by atoms with Crippen molar-refractivity contribution in [2.24, 2.45) is 5.92 Å². The van der Waals surface area contributed by atoms with E-state index in [0.717, 1.165) is 10.9 Å². The molecule has 2 atom stereocenters. The van der Waals surface area contributed by atoms with E-state index in [1.807, 2.05) is 24.3 Å². The molecule has 1 saturated carbocycles. The van der Waals surface area contributed by atoms with Crippen LogP contribution in [0, 0.1) is 5.92 Å². The largest absolute Gasteiger partial charge is 0.376 e. The predicted octanol–water partition coefficient (Wildman–Crippen LogP) is 3.77. The molecular formula is C16H22BrNO2. The number of rotatable bonds is 5. The van der Waals surface area contributed by atoms with E-state index in [1.54, 1.807) is 0 Å². The second-order valence-corrected chi connectivity index (χ2v) is 6.26. The second-order valence-electron chi connectivity index (χ2n) is 5.41. The van der Waals surface area contributed by atoms with Gasteiger partial charge in [-0.15, -0.1) is 0 Å². The van der Waals surface area contributed by atoms with E-state index in [-0.39, 0.29) is 5.91 Å². The molecule has 4 heteroatoms. The lowest BCUT2D eigenvalue weighted by Crippen LogP contribution is -2.31. The van der Waals surface area contributed by atoms with Crippen LogP contribution in [-0.2, 0) is 4.74 Å². The molecule has 1 N–H and O–H groups in total. The fourth-order valence-electron chi connectivity index (χ4n) is 2.65. The number of hydrogen-bond acceptors (Lipinski definition) is 2. The van der Waals surface area contributed by atoms with Crippen molar-refractivity contribution in [3.8, 4) is 0 Å². The van der Waals surface area contributed by atoms with Crippen LogP contribution in [0.15, 0.2) is 28.7 Å². The quantitative estimate of drug-likeness (QED) is 0.829. The van der Waals surface area contributed by atoms with E-state index >= 15 is 0 Å². The van der Waals surface area contributed by atoms with Crippen molar-refractivity contribution < 1.29 is 9.53 Å². The first-order valence-corrected chi connectivity index (χ1v) is 8.12. The summed E-state index contributed by atoms with van der Waals surface area (Å²) in [5.74, 6) is 0.584. The molecule has 0 radical (unpaired) electrons. The van der Waals surface area contributed by atoms with Gasteiger partial charge in [0, 0.05) is 11.0 Å². The van der Waals surface area contributed by atoms with Gasteiger partial charge in [-0.05, 0) is 46.8 Å². The van der Waals surface area contributed by atoms with Crippen LogP contribution in [0.4, 0.5) is 0 Å². The molecule has 110 valence electrons. The Morgan fingerprint density at radius 2 is 2.10 bits per heavy atom. The molecule has 0 aliphatic heterocycles. The van der Waals surface area contributed by atoms with Crippen LogP contribution in [0.2, 0.25) is 0 Å². The Kier molecular flexibility index (Phi) is 6.05. The highest BCUT2D eigenvalue weighted by atomic mass is 79.9. The van der Waals surface area contributed by atoms with Gasteiger partial charge < -0.3 is 10.1 Å². The highest BCUT2D eigenvalue weighted by Crippen LogP contribution is 2.26. The van der Waals surface area contributed by atoms with Crippen molar-refractivity contribution in [2.45, 2.75) is 38.7 Å². The molecule has 1 aliphatic carbocycles. The lowest BCUT2D eigenvalue weighted by atomic mass is 9.88. The van der Waals surface area contributed by atoms with Gasteiger partial charge >= 0.3 is 0 Å². The topological polar surface area (TPSA) is 38.3 Å². The SMILES string of the molecule is CC1CCCCC1OCCNC(=O)c1ccccc1Br. The molecule has 0 bridgehead atoms. The highest BCUT2D eigenvalue weighted by molar-refractivity contribution is 9.10. The minimum Gasteiger partial charge on any atom is -0.376 e. The third-order valence-corrected chi connectivity index (χ3v) is 4.56. The van der Waals surface area contributed by atoms with E-state index in [1.165, 1.54) is 19.3 Å². The third kappa shape index (κ3) is 4.32. The standard InChI is InChI=1S/C16H22BrNO2/c1-12-6-2-5-9-15(12)20-11-10-18-16(19)13-7-3-4-8-14(13)17/h3-4,7-8,12,15H,2,5-6,9-11H2,1H3,(H,18,19). The Morgan fingerprint density at radius 3 is 2.85 bits per heavy atom. The average Bonchev–Trinajstić information content (AvgIpc) is 2.45. The van der Waals surface area contributed by atoms with Gasteiger partial charge in [0.25, 0.3) is 5.91 Å². The number of carbonyl (C=O) groups is 1. The Balaban J connectivity index is 1.71. The first-order valence-electron chi connectivity index (χ1n) is 7.33. The Labute approximate surface area is 129 Å². The number of halogens is 1. The van der Waals surface area contributed by atoms with E-state index < -0.39 is 0 Å². The van der Waals surface area contributed by atoms with Crippen molar-refractivity contribution >= 4 is 21.8 Å². The molecule has 1 aromatic carbocycles. The molecule has 1 aliphatic rings. The zero-order chi connectivity index (χ0) is 14.4. The zero-order valence-electron chi connectivity index (χ0n) is 11.9. The number of carbonyl (C=O) groups excluding carboxylic acids is 1. The summed E-state index contributed by atoms with van der Waals surface area (Å²) in [6.07, 6.45) is 5.36. The van der Waals surface area contributed by atoms with Gasteiger partial charge in [0.2, 0.25) is 0 Å². The monoisotopic (exact) mass is 339 g/mol. The van der Waals surface area contributed by atoms with Gasteiger partial charge in [-0.2, -0.15) is 0 Å². The first kappa shape index (κ1) is 15.5. The molecule has 2 rings (SSSR count). The first-order chi connectivity index (χ1) is 9.68. The number of hydrogen-bond donors (Lipinski definition) is 1. The van der Waals surface area contributed by atoms with Crippen molar-refractivity contribution in [3.63, 3.8) is 0 Å². The van der Waals surface area contributed by atoms with Crippen LogP contribution in [0.25, 0.3) is 0 Å². The normalized spacial score (nSPS) is 22.5. The molecule has 2 unspecified atom stereocenters. The lowest BCUT2D eigenvalue weighted by molar-refractivity contribution is -0.00294. The summed E-state index contributed by atoms with van der Waals surface area (Å²) in [6.45, 7) is 3.40. The average molecular weight is 340 g/mol.